The molecule has 152 valence electrons. The van der Waals surface area contributed by atoms with Gasteiger partial charge in [-0.2, -0.15) is 0 Å². The quantitative estimate of drug-likeness (QED) is 0.693. The Kier molecular flexibility index (Phi) is 6.87. The molecule has 0 bridgehead atoms. The van der Waals surface area contributed by atoms with Gasteiger partial charge < -0.3 is 10.1 Å². The summed E-state index contributed by atoms with van der Waals surface area (Å²) in [5, 5.41) is 2.49. The van der Waals surface area contributed by atoms with Crippen LogP contribution in [0.4, 0.5) is 15.8 Å². The number of nitrogens with one attached hydrogen (secondary N) is 1. The summed E-state index contributed by atoms with van der Waals surface area (Å²) in [6.45, 7) is 2.00. The van der Waals surface area contributed by atoms with E-state index in [0.717, 1.165) is 5.56 Å². The molecule has 29 heavy (non-hydrogen) atoms. The van der Waals surface area contributed by atoms with Crippen LogP contribution >= 0.6 is 11.8 Å². The summed E-state index contributed by atoms with van der Waals surface area (Å²) in [4.78, 5) is 37.5. The maximum absolute atomic E-state index is 13.2. The molecule has 0 aromatic heterocycles. The second kappa shape index (κ2) is 9.56. The van der Waals surface area contributed by atoms with Crippen LogP contribution in [0.1, 0.15) is 30.7 Å². The van der Waals surface area contributed by atoms with Crippen LogP contribution in [0.3, 0.4) is 0 Å². The van der Waals surface area contributed by atoms with Gasteiger partial charge in [-0.05, 0) is 48.9 Å². The van der Waals surface area contributed by atoms with E-state index in [9.17, 15) is 18.8 Å². The van der Waals surface area contributed by atoms with Crippen LogP contribution < -0.4 is 10.2 Å². The third kappa shape index (κ3) is 5.35. The zero-order chi connectivity index (χ0) is 20.8. The number of ether oxygens (including phenoxy) is 1. The van der Waals surface area contributed by atoms with Gasteiger partial charge in [-0.25, -0.2) is 4.39 Å². The summed E-state index contributed by atoms with van der Waals surface area (Å²) in [6.07, 6.45) is 0.0477. The highest BCUT2D eigenvalue weighted by Gasteiger charge is 2.34. The zero-order valence-electron chi connectivity index (χ0n) is 15.9. The van der Waals surface area contributed by atoms with E-state index in [1.54, 1.807) is 42.2 Å². The van der Waals surface area contributed by atoms with Gasteiger partial charge in [0, 0.05) is 17.8 Å². The first kappa shape index (κ1) is 20.9. The molecule has 2 aromatic rings. The van der Waals surface area contributed by atoms with Gasteiger partial charge in [0.25, 0.3) is 0 Å². The Morgan fingerprint density at radius 1 is 1.21 bits per heavy atom. The van der Waals surface area contributed by atoms with Crippen molar-refractivity contribution in [3.63, 3.8) is 0 Å². The second-order valence-electron chi connectivity index (χ2n) is 6.38. The Morgan fingerprint density at radius 2 is 1.97 bits per heavy atom. The van der Waals surface area contributed by atoms with E-state index < -0.39 is 5.97 Å². The average molecular weight is 416 g/mol. The number of nitrogens with zero attached hydrogens (tertiary/aromatic N) is 1. The van der Waals surface area contributed by atoms with Gasteiger partial charge in [-0.3, -0.25) is 19.3 Å². The molecule has 0 radical (unpaired) electrons. The first-order valence-electron chi connectivity index (χ1n) is 9.22. The van der Waals surface area contributed by atoms with Crippen LogP contribution in [-0.2, 0) is 19.1 Å². The largest absolute Gasteiger partial charge is 0.466 e. The smallest absolute Gasteiger partial charge is 0.306 e. The molecule has 3 rings (SSSR count). The summed E-state index contributed by atoms with van der Waals surface area (Å²) >= 11 is 1.47. The SMILES string of the molecule is CCOC(=O)CCC(=O)Nc1cccc(C2SCC(=O)N2c2ccc(F)cc2)c1. The molecule has 8 heteroatoms. The number of anilines is 2. The number of carbonyl (C=O) groups is 3. The number of hydrogen-bond acceptors (Lipinski definition) is 5. The van der Waals surface area contributed by atoms with Gasteiger partial charge in [0.2, 0.25) is 11.8 Å². The van der Waals surface area contributed by atoms with Gasteiger partial charge in [0.05, 0.1) is 18.8 Å². The average Bonchev–Trinajstić information content (AvgIpc) is 3.09. The van der Waals surface area contributed by atoms with E-state index in [2.05, 4.69) is 5.32 Å². The summed E-state index contributed by atoms with van der Waals surface area (Å²) in [6, 6.07) is 13.0. The van der Waals surface area contributed by atoms with Crippen LogP contribution in [0.5, 0.6) is 0 Å². The predicted octanol–water partition coefficient (Wildman–Crippen LogP) is 3.89. The molecule has 1 N–H and O–H groups in total. The Hall–Kier alpha value is -2.87. The first-order valence-corrected chi connectivity index (χ1v) is 10.3. The minimum atomic E-state index is -0.410. The van der Waals surface area contributed by atoms with E-state index in [1.165, 1.54) is 23.9 Å². The molecule has 1 saturated heterocycles. The lowest BCUT2D eigenvalue weighted by Gasteiger charge is -2.24. The Morgan fingerprint density at radius 3 is 2.69 bits per heavy atom. The highest BCUT2D eigenvalue weighted by Crippen LogP contribution is 2.42. The van der Waals surface area contributed by atoms with Crippen molar-refractivity contribution >= 4 is 40.9 Å². The number of benzene rings is 2. The van der Waals surface area contributed by atoms with Crippen LogP contribution in [0.25, 0.3) is 0 Å². The molecule has 6 nitrogen and oxygen atoms in total. The number of amides is 2. The number of carbonyl (C=O) groups excluding carboxylic acids is 3. The van der Waals surface area contributed by atoms with Crippen molar-refractivity contribution in [1.82, 2.24) is 0 Å². The summed E-state index contributed by atoms with van der Waals surface area (Å²) in [7, 11) is 0. The number of hydrogen-bond donors (Lipinski definition) is 1. The minimum Gasteiger partial charge on any atom is -0.466 e. The highest BCUT2D eigenvalue weighted by atomic mass is 32.2. The van der Waals surface area contributed by atoms with Crippen molar-refractivity contribution in [2.24, 2.45) is 0 Å². The molecule has 0 saturated carbocycles. The zero-order valence-corrected chi connectivity index (χ0v) is 16.7. The third-order valence-corrected chi connectivity index (χ3v) is 5.50. The molecule has 1 fully saturated rings. The van der Waals surface area contributed by atoms with Gasteiger partial charge in [0.15, 0.2) is 0 Å². The lowest BCUT2D eigenvalue weighted by Crippen LogP contribution is -2.27. The molecule has 0 aliphatic carbocycles. The van der Waals surface area contributed by atoms with Crippen molar-refractivity contribution in [2.45, 2.75) is 25.1 Å². The molecule has 0 spiro atoms. The summed E-state index contributed by atoms with van der Waals surface area (Å²) in [5.74, 6) is -0.807. The van der Waals surface area contributed by atoms with E-state index in [-0.39, 0.29) is 42.5 Å². The predicted molar refractivity (Wildman–Crippen MR) is 110 cm³/mol. The van der Waals surface area contributed by atoms with Gasteiger partial charge >= 0.3 is 5.97 Å². The van der Waals surface area contributed by atoms with Gasteiger partial charge in [-0.1, -0.05) is 12.1 Å². The molecule has 1 unspecified atom stereocenters. The lowest BCUT2D eigenvalue weighted by atomic mass is 10.1. The standard InChI is InChI=1S/C21H21FN2O4S/c1-2-28-20(27)11-10-18(25)23-16-5-3-4-14(12-16)21-24(19(26)13-29-21)17-8-6-15(22)7-9-17/h3-9,12,21H,2,10-11,13H2,1H3,(H,23,25). The fourth-order valence-electron chi connectivity index (χ4n) is 2.99. The molecule has 1 atom stereocenters. The van der Waals surface area contributed by atoms with Crippen molar-refractivity contribution in [2.75, 3.05) is 22.6 Å². The van der Waals surface area contributed by atoms with Crippen molar-refractivity contribution in [1.29, 1.82) is 0 Å². The van der Waals surface area contributed by atoms with Crippen LogP contribution in [-0.4, -0.2) is 30.1 Å². The van der Waals surface area contributed by atoms with Crippen LogP contribution in [0, 0.1) is 5.82 Å². The molecule has 1 aliphatic rings. The maximum Gasteiger partial charge on any atom is 0.306 e. The topological polar surface area (TPSA) is 75.7 Å². The summed E-state index contributed by atoms with van der Waals surface area (Å²) in [5.41, 5.74) is 2.04. The van der Waals surface area contributed by atoms with Crippen LogP contribution in [0.2, 0.25) is 0 Å². The molecular formula is C21H21FN2O4S. The fraction of sp³-hybridized carbons (Fsp3) is 0.286. The number of rotatable bonds is 7. The second-order valence-corrected chi connectivity index (χ2v) is 7.45. The van der Waals surface area contributed by atoms with Gasteiger partial charge in [0.1, 0.15) is 11.2 Å². The maximum atomic E-state index is 13.2. The van der Waals surface area contributed by atoms with Crippen molar-refractivity contribution in [3.8, 4) is 0 Å². The molecule has 1 heterocycles. The molecule has 2 aromatic carbocycles. The molecule has 2 amide bonds. The minimum absolute atomic E-state index is 0.0185. The number of thioether (sulfide) groups is 1. The van der Waals surface area contributed by atoms with E-state index in [0.29, 0.717) is 17.1 Å². The van der Waals surface area contributed by atoms with E-state index >= 15 is 0 Å². The fourth-order valence-corrected chi connectivity index (χ4v) is 4.16. The lowest BCUT2D eigenvalue weighted by molar-refractivity contribution is -0.144. The number of halogens is 1. The molecule has 1 aliphatic heterocycles. The summed E-state index contributed by atoms with van der Waals surface area (Å²) < 4.78 is 18.1. The Bertz CT molecular complexity index is 904. The third-order valence-electron chi connectivity index (χ3n) is 4.29. The normalized spacial score (nSPS) is 16.0. The highest BCUT2D eigenvalue weighted by molar-refractivity contribution is 8.00. The van der Waals surface area contributed by atoms with Crippen LogP contribution in [0.15, 0.2) is 48.5 Å². The molecular weight excluding hydrogens is 395 g/mol. The monoisotopic (exact) mass is 416 g/mol. The first-order chi connectivity index (χ1) is 14.0. The number of esters is 1. The van der Waals surface area contributed by atoms with Gasteiger partial charge in [-0.15, -0.1) is 11.8 Å². The van der Waals surface area contributed by atoms with Crippen molar-refractivity contribution in [3.05, 3.63) is 59.9 Å². The Labute approximate surface area is 172 Å². The van der Waals surface area contributed by atoms with Crippen molar-refractivity contribution < 1.29 is 23.5 Å². The van der Waals surface area contributed by atoms with E-state index in [4.69, 9.17) is 4.74 Å². The Balaban J connectivity index is 1.71. The van der Waals surface area contributed by atoms with E-state index in [1.807, 2.05) is 6.07 Å².